The fourth-order valence-electron chi connectivity index (χ4n) is 7.49. The van der Waals surface area contributed by atoms with Crippen LogP contribution in [0.15, 0.2) is 17.2 Å². The van der Waals surface area contributed by atoms with Crippen molar-refractivity contribution in [1.82, 2.24) is 10.3 Å². The van der Waals surface area contributed by atoms with Gasteiger partial charge in [-0.25, -0.2) is 4.98 Å². The van der Waals surface area contributed by atoms with E-state index in [-0.39, 0.29) is 23.7 Å². The maximum absolute atomic E-state index is 13.2. The highest BCUT2D eigenvalue weighted by molar-refractivity contribution is 7.98. The molecule has 31 heavy (non-hydrogen) atoms. The fraction of sp³-hybridized carbons (Fsp3) is 0.708. The van der Waals surface area contributed by atoms with E-state index in [2.05, 4.69) is 10.2 Å². The molecular weight excluding hydrogens is 410 g/mol. The van der Waals surface area contributed by atoms with E-state index in [1.54, 1.807) is 0 Å². The lowest BCUT2D eigenvalue weighted by Gasteiger charge is -2.33. The van der Waals surface area contributed by atoms with Crippen LogP contribution in [0.1, 0.15) is 48.9 Å². The zero-order chi connectivity index (χ0) is 21.3. The van der Waals surface area contributed by atoms with Crippen molar-refractivity contribution in [2.45, 2.75) is 49.6 Å². The SMILES string of the molecule is CSc1nc(N2C[C@@H]3[C@H](C2)[C@H]3C(=O)O)ccc1C(=O)NC1CCC2CC3CC2CC1C3. The van der Waals surface area contributed by atoms with Crippen LogP contribution in [0.4, 0.5) is 5.82 Å². The number of pyridine rings is 1. The van der Waals surface area contributed by atoms with Crippen LogP contribution in [-0.4, -0.2) is 47.4 Å². The summed E-state index contributed by atoms with van der Waals surface area (Å²) in [5.41, 5.74) is 0.672. The molecule has 1 aromatic heterocycles. The van der Waals surface area contributed by atoms with Crippen molar-refractivity contribution in [1.29, 1.82) is 0 Å². The molecule has 7 heteroatoms. The zero-order valence-electron chi connectivity index (χ0n) is 18.0. The Labute approximate surface area is 187 Å². The first-order chi connectivity index (χ1) is 15.0. The Balaban J connectivity index is 1.15. The Morgan fingerprint density at radius 1 is 1.06 bits per heavy atom. The topological polar surface area (TPSA) is 82.5 Å². The highest BCUT2D eigenvalue weighted by Gasteiger charge is 2.60. The van der Waals surface area contributed by atoms with Gasteiger partial charge in [0, 0.05) is 19.1 Å². The number of carbonyl (C=O) groups is 2. The van der Waals surface area contributed by atoms with E-state index >= 15 is 0 Å². The molecule has 1 aromatic rings. The average Bonchev–Trinajstić information content (AvgIpc) is 3.17. The van der Waals surface area contributed by atoms with E-state index in [4.69, 9.17) is 4.98 Å². The van der Waals surface area contributed by atoms with Crippen LogP contribution < -0.4 is 10.2 Å². The molecule has 5 aliphatic rings. The molecule has 8 atom stereocenters. The standard InChI is InChI=1S/C24H31N3O3S/c1-31-23-16(3-5-20(26-23)27-10-17-18(11-27)21(17)24(29)30)22(28)25-19-4-2-13-6-12-7-14(13)9-15(19)8-12/h3,5,12-15,17-19,21H,2,4,6-11H2,1H3,(H,25,28)(H,29,30)/t12?,13?,14?,15?,17-,18+,19?,21+. The lowest BCUT2D eigenvalue weighted by molar-refractivity contribution is -0.139. The van der Waals surface area contributed by atoms with E-state index in [1.807, 2.05) is 18.4 Å². The molecular formula is C24H31N3O3S. The van der Waals surface area contributed by atoms with E-state index < -0.39 is 5.97 Å². The molecule has 0 radical (unpaired) electrons. The third kappa shape index (κ3) is 3.35. The smallest absolute Gasteiger partial charge is 0.307 e. The first-order valence-corrected chi connectivity index (χ1v) is 13.1. The van der Waals surface area contributed by atoms with Gasteiger partial charge in [0.1, 0.15) is 10.8 Å². The number of carboxylic acid groups (broad SMARTS) is 1. The molecule has 5 fully saturated rings. The molecule has 166 valence electrons. The first kappa shape index (κ1) is 19.9. The fourth-order valence-corrected chi connectivity index (χ4v) is 8.06. The lowest BCUT2D eigenvalue weighted by atomic mass is 9.77. The van der Waals surface area contributed by atoms with E-state index in [1.165, 1.54) is 43.9 Å². The van der Waals surface area contributed by atoms with Crippen molar-refractivity contribution in [3.63, 3.8) is 0 Å². The molecule has 2 heterocycles. The molecule has 1 saturated heterocycles. The van der Waals surface area contributed by atoms with Crippen LogP contribution in [0.25, 0.3) is 0 Å². The van der Waals surface area contributed by atoms with Crippen LogP contribution in [0.5, 0.6) is 0 Å². The number of fused-ring (bicyclic) bond motifs is 3. The van der Waals surface area contributed by atoms with Crippen LogP contribution in [-0.2, 0) is 4.79 Å². The number of aromatic nitrogens is 1. The van der Waals surface area contributed by atoms with Crippen molar-refractivity contribution in [2.75, 3.05) is 24.2 Å². The normalized spacial score (nSPS) is 39.8. The number of aliphatic carboxylic acids is 1. The highest BCUT2D eigenvalue weighted by atomic mass is 32.2. The van der Waals surface area contributed by atoms with Crippen molar-refractivity contribution in [3.8, 4) is 0 Å². The number of nitrogens with one attached hydrogen (secondary N) is 1. The number of hydrogen-bond acceptors (Lipinski definition) is 5. The number of carbonyl (C=O) groups excluding carboxylic acids is 1. The molecule has 6 nitrogen and oxygen atoms in total. The van der Waals surface area contributed by atoms with Gasteiger partial charge in [-0.05, 0) is 92.4 Å². The van der Waals surface area contributed by atoms with Gasteiger partial charge in [0.25, 0.3) is 5.91 Å². The third-order valence-corrected chi connectivity index (χ3v) is 9.70. The molecule has 3 bridgehead atoms. The Kier molecular flexibility index (Phi) is 4.74. The molecule has 4 saturated carbocycles. The Bertz CT molecular complexity index is 911. The number of anilines is 1. The number of piperidine rings is 1. The maximum atomic E-state index is 13.2. The van der Waals surface area contributed by atoms with Crippen LogP contribution in [0, 0.1) is 41.4 Å². The Hall–Kier alpha value is -1.76. The number of amides is 1. The summed E-state index contributed by atoms with van der Waals surface area (Å²) in [6.07, 6.45) is 9.79. The van der Waals surface area contributed by atoms with E-state index in [0.717, 1.165) is 48.1 Å². The van der Waals surface area contributed by atoms with Gasteiger partial charge in [0.2, 0.25) is 0 Å². The summed E-state index contributed by atoms with van der Waals surface area (Å²) < 4.78 is 0. The van der Waals surface area contributed by atoms with Crippen molar-refractivity contribution < 1.29 is 14.7 Å². The van der Waals surface area contributed by atoms with Gasteiger partial charge < -0.3 is 15.3 Å². The first-order valence-electron chi connectivity index (χ1n) is 11.9. The van der Waals surface area contributed by atoms with Gasteiger partial charge in [0.15, 0.2) is 0 Å². The van der Waals surface area contributed by atoms with Crippen LogP contribution in [0.2, 0.25) is 0 Å². The minimum atomic E-state index is -0.667. The number of rotatable bonds is 5. The molecule has 1 amide bonds. The summed E-state index contributed by atoms with van der Waals surface area (Å²) in [4.78, 5) is 31.4. The quantitative estimate of drug-likeness (QED) is 0.681. The monoisotopic (exact) mass is 441 g/mol. The minimum absolute atomic E-state index is 0.0151. The second-order valence-corrected chi connectivity index (χ2v) is 11.4. The van der Waals surface area contributed by atoms with Crippen molar-refractivity contribution in [3.05, 3.63) is 17.7 Å². The lowest BCUT2D eigenvalue weighted by Crippen LogP contribution is -2.42. The summed E-state index contributed by atoms with van der Waals surface area (Å²) in [7, 11) is 0. The van der Waals surface area contributed by atoms with Crippen LogP contribution in [0.3, 0.4) is 0 Å². The molecule has 6 rings (SSSR count). The van der Waals surface area contributed by atoms with Gasteiger partial charge in [-0.15, -0.1) is 11.8 Å². The molecule has 2 N–H and O–H groups in total. The van der Waals surface area contributed by atoms with Gasteiger partial charge in [-0.1, -0.05) is 0 Å². The number of thioether (sulfide) groups is 1. The molecule has 0 spiro atoms. The summed E-state index contributed by atoms with van der Waals surface area (Å²) in [5, 5.41) is 13.4. The van der Waals surface area contributed by atoms with Gasteiger partial charge >= 0.3 is 5.97 Å². The molecule has 4 aliphatic carbocycles. The van der Waals surface area contributed by atoms with E-state index in [0.29, 0.717) is 17.5 Å². The third-order valence-electron chi connectivity index (χ3n) is 9.00. The number of carboxylic acids is 1. The largest absolute Gasteiger partial charge is 0.481 e. The summed E-state index contributed by atoms with van der Waals surface area (Å²) >= 11 is 1.51. The molecule has 5 unspecified atom stereocenters. The Morgan fingerprint density at radius 2 is 1.81 bits per heavy atom. The van der Waals surface area contributed by atoms with Gasteiger partial charge in [-0.3, -0.25) is 9.59 Å². The van der Waals surface area contributed by atoms with Crippen LogP contribution >= 0.6 is 11.8 Å². The predicted octanol–water partition coefficient (Wildman–Crippen LogP) is 3.51. The van der Waals surface area contributed by atoms with E-state index in [9.17, 15) is 14.7 Å². The Morgan fingerprint density at radius 3 is 2.55 bits per heavy atom. The van der Waals surface area contributed by atoms with Gasteiger partial charge in [0.05, 0.1) is 11.5 Å². The van der Waals surface area contributed by atoms with Gasteiger partial charge in [-0.2, -0.15) is 0 Å². The average molecular weight is 442 g/mol. The predicted molar refractivity (Wildman–Crippen MR) is 119 cm³/mol. The summed E-state index contributed by atoms with van der Waals surface area (Å²) in [6.45, 7) is 1.50. The highest BCUT2D eigenvalue weighted by Crippen LogP contribution is 2.54. The summed E-state index contributed by atoms with van der Waals surface area (Å²) in [6, 6.07) is 4.16. The zero-order valence-corrected chi connectivity index (χ0v) is 18.8. The minimum Gasteiger partial charge on any atom is -0.481 e. The second kappa shape index (κ2) is 7.39. The van der Waals surface area contributed by atoms with Crippen molar-refractivity contribution >= 4 is 29.5 Å². The second-order valence-electron chi connectivity index (χ2n) is 10.6. The summed E-state index contributed by atoms with van der Waals surface area (Å²) in [5.74, 6) is 3.87. The number of nitrogens with zero attached hydrogens (tertiary/aromatic N) is 2. The maximum Gasteiger partial charge on any atom is 0.307 e. The molecule has 1 aliphatic heterocycles. The number of hydrogen-bond donors (Lipinski definition) is 2. The molecule has 0 aromatic carbocycles. The van der Waals surface area contributed by atoms with Crippen molar-refractivity contribution in [2.24, 2.45) is 41.4 Å².